The summed E-state index contributed by atoms with van der Waals surface area (Å²) in [5, 5.41) is 0. The Labute approximate surface area is 180 Å². The van der Waals surface area contributed by atoms with Crippen molar-refractivity contribution in [1.82, 2.24) is 0 Å². The second kappa shape index (κ2) is 6.97. The molecule has 0 amide bonds. The van der Waals surface area contributed by atoms with E-state index < -0.39 is 5.79 Å². The first-order valence-corrected chi connectivity index (χ1v) is 11.9. The van der Waals surface area contributed by atoms with Crippen molar-refractivity contribution in [3.05, 3.63) is 53.1 Å². The van der Waals surface area contributed by atoms with Gasteiger partial charge in [0.25, 0.3) is 0 Å². The number of benzene rings is 1. The second-order valence-electron chi connectivity index (χ2n) is 10.5. The van der Waals surface area contributed by atoms with Gasteiger partial charge in [-0.2, -0.15) is 0 Å². The molecule has 3 fully saturated rings. The van der Waals surface area contributed by atoms with Crippen molar-refractivity contribution in [1.29, 1.82) is 0 Å². The van der Waals surface area contributed by atoms with Crippen LogP contribution in [0.4, 0.5) is 0 Å². The Hall–Kier alpha value is -1.58. The van der Waals surface area contributed by atoms with Crippen molar-refractivity contribution in [3.63, 3.8) is 0 Å². The molecule has 4 aliphatic carbocycles. The van der Waals surface area contributed by atoms with E-state index >= 15 is 0 Å². The molecule has 160 valence electrons. The quantitative estimate of drug-likeness (QED) is 0.563. The number of methoxy groups -OCH3 is 1. The van der Waals surface area contributed by atoms with Crippen molar-refractivity contribution in [2.75, 3.05) is 20.3 Å². The predicted octanol–water partition coefficient (Wildman–Crippen LogP) is 6.01. The summed E-state index contributed by atoms with van der Waals surface area (Å²) in [6.07, 6.45) is 13.8. The molecule has 2 saturated carbocycles. The van der Waals surface area contributed by atoms with E-state index in [1.54, 1.807) is 18.3 Å². The average molecular weight is 407 g/mol. The molecule has 0 aromatic heterocycles. The summed E-state index contributed by atoms with van der Waals surface area (Å²) in [4.78, 5) is 0. The highest BCUT2D eigenvalue weighted by Gasteiger charge is 2.54. The fourth-order valence-corrected chi connectivity index (χ4v) is 7.60. The lowest BCUT2D eigenvalue weighted by Crippen LogP contribution is -2.45. The maximum Gasteiger partial charge on any atom is 0.172 e. The van der Waals surface area contributed by atoms with Crippen molar-refractivity contribution >= 4 is 0 Å². The first kappa shape index (κ1) is 19.1. The molecule has 0 bridgehead atoms. The highest BCUT2D eigenvalue weighted by atomic mass is 16.7. The second-order valence-corrected chi connectivity index (χ2v) is 10.5. The largest absolute Gasteiger partial charge is 0.497 e. The van der Waals surface area contributed by atoms with Gasteiger partial charge >= 0.3 is 0 Å². The van der Waals surface area contributed by atoms with Gasteiger partial charge in [0.15, 0.2) is 5.79 Å². The van der Waals surface area contributed by atoms with E-state index in [0.29, 0.717) is 17.3 Å². The summed E-state index contributed by atoms with van der Waals surface area (Å²) in [6.45, 7) is 3.99. The molecule has 5 aliphatic rings. The van der Waals surface area contributed by atoms with Crippen molar-refractivity contribution in [2.45, 2.75) is 63.6 Å². The lowest BCUT2D eigenvalue weighted by atomic mass is 9.55. The molecule has 6 rings (SSSR count). The van der Waals surface area contributed by atoms with Crippen LogP contribution < -0.4 is 4.74 Å². The Kier molecular flexibility index (Phi) is 4.44. The minimum absolute atomic E-state index is 0.411. The molecule has 1 heterocycles. The summed E-state index contributed by atoms with van der Waals surface area (Å²) in [5.74, 6) is 3.03. The number of rotatable bonds is 2. The smallest absolute Gasteiger partial charge is 0.172 e. The summed E-state index contributed by atoms with van der Waals surface area (Å²) in [7, 11) is 1.74. The van der Waals surface area contributed by atoms with Gasteiger partial charge in [-0.25, -0.2) is 0 Å². The third-order valence-corrected chi connectivity index (χ3v) is 9.03. The maximum absolute atomic E-state index is 6.24. The highest BCUT2D eigenvalue weighted by Crippen LogP contribution is 2.62. The van der Waals surface area contributed by atoms with Gasteiger partial charge in [0, 0.05) is 18.8 Å². The predicted molar refractivity (Wildman–Crippen MR) is 117 cm³/mol. The van der Waals surface area contributed by atoms with Crippen LogP contribution in [0.1, 0.15) is 63.4 Å². The number of ether oxygens (including phenoxy) is 3. The van der Waals surface area contributed by atoms with Crippen LogP contribution >= 0.6 is 0 Å². The Bertz CT molecular complexity index is 876. The Morgan fingerprint density at radius 1 is 1.03 bits per heavy atom. The van der Waals surface area contributed by atoms with Crippen LogP contribution in [0.25, 0.3) is 0 Å². The third kappa shape index (κ3) is 2.85. The molecule has 0 unspecified atom stereocenters. The Balaban J connectivity index is 1.42. The zero-order valence-electron chi connectivity index (χ0n) is 18.4. The summed E-state index contributed by atoms with van der Waals surface area (Å²) < 4.78 is 17.9. The van der Waals surface area contributed by atoms with Gasteiger partial charge in [-0.1, -0.05) is 48.8 Å². The fraction of sp³-hybridized carbons (Fsp3) is 0.630. The van der Waals surface area contributed by atoms with Gasteiger partial charge in [0.05, 0.1) is 20.3 Å². The molecular weight excluding hydrogens is 372 g/mol. The monoisotopic (exact) mass is 406 g/mol. The molecule has 5 atom stereocenters. The summed E-state index contributed by atoms with van der Waals surface area (Å²) in [5.41, 5.74) is 5.23. The van der Waals surface area contributed by atoms with E-state index in [2.05, 4.69) is 43.3 Å². The summed E-state index contributed by atoms with van der Waals surface area (Å²) >= 11 is 0. The number of fused-ring (bicyclic) bond motifs is 5. The molecule has 1 aromatic rings. The van der Waals surface area contributed by atoms with Crippen LogP contribution in [0, 0.1) is 23.2 Å². The minimum Gasteiger partial charge on any atom is -0.497 e. The van der Waals surface area contributed by atoms with Crippen molar-refractivity contribution in [2.24, 2.45) is 23.2 Å². The highest BCUT2D eigenvalue weighted by molar-refractivity contribution is 5.41. The molecule has 30 heavy (non-hydrogen) atoms. The molecule has 1 saturated heterocycles. The van der Waals surface area contributed by atoms with Crippen LogP contribution in [0.15, 0.2) is 47.6 Å². The van der Waals surface area contributed by atoms with Gasteiger partial charge in [0.2, 0.25) is 0 Å². The van der Waals surface area contributed by atoms with E-state index in [9.17, 15) is 0 Å². The van der Waals surface area contributed by atoms with Gasteiger partial charge in [-0.15, -0.1) is 0 Å². The number of allylic oxidation sites excluding steroid dienone is 3. The summed E-state index contributed by atoms with van der Waals surface area (Å²) in [6, 6.07) is 8.75. The van der Waals surface area contributed by atoms with E-state index in [1.165, 1.54) is 37.7 Å². The fourth-order valence-electron chi connectivity index (χ4n) is 7.60. The zero-order valence-corrected chi connectivity index (χ0v) is 18.4. The zero-order chi connectivity index (χ0) is 20.3. The van der Waals surface area contributed by atoms with E-state index in [0.717, 1.165) is 43.6 Å². The van der Waals surface area contributed by atoms with E-state index in [-0.39, 0.29) is 0 Å². The number of hydrogen-bond donors (Lipinski definition) is 0. The van der Waals surface area contributed by atoms with Crippen molar-refractivity contribution in [3.8, 4) is 5.75 Å². The molecular formula is C27H34O3. The first-order chi connectivity index (χ1) is 14.6. The molecule has 1 aliphatic heterocycles. The standard InChI is InChI=1S/C27H34O3/c1-26-12-3-4-24(26)21-10-7-19-16-27(29-14-15-30-27)17-23(25(19)22(21)11-13-26)18-5-8-20(28-2)9-6-18/h5-9,11,21,23-25H,3-4,10,12-17H2,1-2H3/t21-,23+,24+,25+,26+/m1/s1. The van der Waals surface area contributed by atoms with Crippen LogP contribution in [0.2, 0.25) is 0 Å². The van der Waals surface area contributed by atoms with E-state index in [4.69, 9.17) is 14.2 Å². The molecule has 1 aromatic carbocycles. The molecule has 3 nitrogen and oxygen atoms in total. The molecule has 1 spiro atoms. The van der Waals surface area contributed by atoms with E-state index in [1.807, 2.05) is 0 Å². The lowest BCUT2D eigenvalue weighted by molar-refractivity contribution is -0.175. The molecule has 0 radical (unpaired) electrons. The van der Waals surface area contributed by atoms with Crippen LogP contribution in [-0.4, -0.2) is 26.1 Å². The topological polar surface area (TPSA) is 27.7 Å². The van der Waals surface area contributed by atoms with Gasteiger partial charge < -0.3 is 14.2 Å². The lowest BCUT2D eigenvalue weighted by Gasteiger charge is -2.51. The van der Waals surface area contributed by atoms with Gasteiger partial charge in [-0.05, 0) is 66.5 Å². The van der Waals surface area contributed by atoms with Gasteiger partial charge in [-0.3, -0.25) is 0 Å². The average Bonchev–Trinajstić information content (AvgIpc) is 3.39. The van der Waals surface area contributed by atoms with Crippen LogP contribution in [0.3, 0.4) is 0 Å². The van der Waals surface area contributed by atoms with Crippen LogP contribution in [0.5, 0.6) is 5.75 Å². The third-order valence-electron chi connectivity index (χ3n) is 9.03. The Morgan fingerprint density at radius 3 is 2.60 bits per heavy atom. The number of hydrogen-bond acceptors (Lipinski definition) is 3. The maximum atomic E-state index is 6.24. The first-order valence-electron chi connectivity index (χ1n) is 11.9. The van der Waals surface area contributed by atoms with Crippen LogP contribution in [-0.2, 0) is 9.47 Å². The van der Waals surface area contributed by atoms with Gasteiger partial charge in [0.1, 0.15) is 5.75 Å². The SMILES string of the molecule is COc1ccc([C@@H]2CC3(CC4=CC[C@@H]5C(=CC[C@]6(C)CCC[C@@H]56)[C@H]42)OCCO3)cc1. The minimum atomic E-state index is -0.420. The van der Waals surface area contributed by atoms with Crippen molar-refractivity contribution < 1.29 is 14.2 Å². The molecule has 0 N–H and O–H groups in total. The normalized spacial score (nSPS) is 39.0. The Morgan fingerprint density at radius 2 is 1.83 bits per heavy atom. The molecule has 3 heteroatoms.